The quantitative estimate of drug-likeness (QED) is 0.349. The van der Waals surface area contributed by atoms with Crippen molar-refractivity contribution in [2.24, 2.45) is 20.7 Å². The number of rotatable bonds is 8. The van der Waals surface area contributed by atoms with E-state index in [9.17, 15) is 8.78 Å². The number of aromatic nitrogens is 1. The first-order valence-electron chi connectivity index (χ1n) is 9.98. The van der Waals surface area contributed by atoms with Crippen LogP contribution in [0.3, 0.4) is 0 Å². The van der Waals surface area contributed by atoms with Crippen LogP contribution in [0.25, 0.3) is 11.1 Å². The molecule has 0 spiro atoms. The number of benzene rings is 2. The first kappa shape index (κ1) is 25.2. The van der Waals surface area contributed by atoms with Crippen molar-refractivity contribution in [2.75, 3.05) is 7.05 Å². The topological polar surface area (TPSA) is 76.0 Å². The predicted octanol–water partition coefficient (Wildman–Crippen LogP) is 5.85. The molecule has 0 saturated heterocycles. The van der Waals surface area contributed by atoms with Crippen LogP contribution in [0.4, 0.5) is 14.5 Å². The Morgan fingerprint density at radius 1 is 1.06 bits per heavy atom. The van der Waals surface area contributed by atoms with E-state index < -0.39 is 5.83 Å². The monoisotopic (exact) mass is 445 g/mol. The van der Waals surface area contributed by atoms with Crippen LogP contribution < -0.4 is 5.73 Å². The highest BCUT2D eigenvalue weighted by Crippen LogP contribution is 2.28. The van der Waals surface area contributed by atoms with Gasteiger partial charge in [-0.2, -0.15) is 0 Å². The molecule has 0 aliphatic heterocycles. The highest BCUT2D eigenvalue weighted by atomic mass is 19.1. The third kappa shape index (κ3) is 7.52. The van der Waals surface area contributed by atoms with E-state index in [1.807, 2.05) is 24.3 Å². The number of aliphatic imine (C=N–C) groups is 3. The van der Waals surface area contributed by atoms with E-state index >= 15 is 0 Å². The SMILES string of the molecule is C=N/C=C\C(F)=C/C(=NCc1cccnc1)c1cc(-c2ccc(F)cc2)ccc1N=C.CN. The van der Waals surface area contributed by atoms with Crippen LogP contribution in [0.1, 0.15) is 11.1 Å². The van der Waals surface area contributed by atoms with Gasteiger partial charge in [0.15, 0.2) is 0 Å². The third-order valence-electron chi connectivity index (χ3n) is 4.39. The molecular weight excluding hydrogens is 420 g/mol. The summed E-state index contributed by atoms with van der Waals surface area (Å²) in [6.45, 7) is 7.22. The Labute approximate surface area is 192 Å². The molecule has 0 aliphatic carbocycles. The summed E-state index contributed by atoms with van der Waals surface area (Å²) >= 11 is 0. The van der Waals surface area contributed by atoms with Crippen LogP contribution in [-0.4, -0.2) is 31.2 Å². The second kappa shape index (κ2) is 13.3. The molecule has 2 aromatic carbocycles. The Morgan fingerprint density at radius 2 is 1.79 bits per heavy atom. The summed E-state index contributed by atoms with van der Waals surface area (Å²) in [5.41, 5.74) is 8.52. The van der Waals surface area contributed by atoms with Gasteiger partial charge in [-0.25, -0.2) is 8.78 Å². The zero-order chi connectivity index (χ0) is 24.1. The van der Waals surface area contributed by atoms with Crippen LogP contribution >= 0.6 is 0 Å². The molecule has 0 amide bonds. The van der Waals surface area contributed by atoms with Gasteiger partial charge in [-0.1, -0.05) is 24.3 Å². The molecule has 0 aliphatic rings. The molecule has 2 N–H and O–H groups in total. The summed E-state index contributed by atoms with van der Waals surface area (Å²) in [5, 5.41) is 0. The van der Waals surface area contributed by atoms with E-state index in [2.05, 4.69) is 39.1 Å². The number of hydrogen-bond donors (Lipinski definition) is 1. The lowest BCUT2D eigenvalue weighted by Gasteiger charge is -2.10. The normalized spacial score (nSPS) is 11.6. The van der Waals surface area contributed by atoms with Crippen LogP contribution in [0.5, 0.6) is 0 Å². The van der Waals surface area contributed by atoms with Gasteiger partial charge in [0.2, 0.25) is 0 Å². The van der Waals surface area contributed by atoms with E-state index in [1.165, 1.54) is 37.5 Å². The van der Waals surface area contributed by atoms with E-state index in [4.69, 9.17) is 0 Å². The summed E-state index contributed by atoms with van der Waals surface area (Å²) in [6.07, 6.45) is 7.12. The highest BCUT2D eigenvalue weighted by molar-refractivity contribution is 6.13. The molecular formula is C26H25F2N5. The zero-order valence-electron chi connectivity index (χ0n) is 18.3. The summed E-state index contributed by atoms with van der Waals surface area (Å²) < 4.78 is 27.8. The minimum atomic E-state index is -0.542. The molecule has 0 atom stereocenters. The molecule has 3 rings (SSSR count). The van der Waals surface area contributed by atoms with Gasteiger partial charge >= 0.3 is 0 Å². The lowest BCUT2D eigenvalue weighted by atomic mass is 9.98. The maximum absolute atomic E-state index is 14.5. The molecule has 0 fully saturated rings. The van der Waals surface area contributed by atoms with Crippen molar-refractivity contribution in [2.45, 2.75) is 6.54 Å². The highest BCUT2D eigenvalue weighted by Gasteiger charge is 2.11. The lowest BCUT2D eigenvalue weighted by molar-refractivity contribution is 0.628. The van der Waals surface area contributed by atoms with Crippen LogP contribution in [0.2, 0.25) is 0 Å². The average molecular weight is 446 g/mol. The van der Waals surface area contributed by atoms with Gasteiger partial charge in [0.25, 0.3) is 0 Å². The Kier molecular flexibility index (Phi) is 10.2. The van der Waals surface area contributed by atoms with E-state index in [0.29, 0.717) is 23.5 Å². The fourth-order valence-electron chi connectivity index (χ4n) is 2.88. The number of hydrogen-bond acceptors (Lipinski definition) is 5. The third-order valence-corrected chi connectivity index (χ3v) is 4.39. The van der Waals surface area contributed by atoms with Crippen molar-refractivity contribution in [1.82, 2.24) is 4.98 Å². The molecule has 7 heteroatoms. The van der Waals surface area contributed by atoms with Crippen molar-refractivity contribution < 1.29 is 8.78 Å². The summed E-state index contributed by atoms with van der Waals surface area (Å²) in [6, 6.07) is 15.3. The Hall–Kier alpha value is -4.10. The summed E-state index contributed by atoms with van der Waals surface area (Å²) in [4.78, 5) is 16.3. The Bertz CT molecular complexity index is 1150. The summed E-state index contributed by atoms with van der Waals surface area (Å²) in [7, 11) is 1.50. The zero-order valence-corrected chi connectivity index (χ0v) is 18.3. The molecule has 1 aromatic heterocycles. The van der Waals surface area contributed by atoms with Crippen molar-refractivity contribution in [3.63, 3.8) is 0 Å². The van der Waals surface area contributed by atoms with E-state index in [1.54, 1.807) is 30.6 Å². The van der Waals surface area contributed by atoms with Crippen LogP contribution in [0, 0.1) is 5.82 Å². The number of allylic oxidation sites excluding steroid dienone is 3. The molecule has 0 bridgehead atoms. The number of nitrogens with two attached hydrogens (primary N) is 1. The first-order chi connectivity index (χ1) is 16.1. The second-order valence-electron chi connectivity index (χ2n) is 6.49. The standard InChI is InChI=1S/C25H20F2N4.CH5N/c1-28-13-11-22(27)15-25(31-17-18-4-3-12-30-16-18)23-14-20(7-10-24(23)29-2)19-5-8-21(26)9-6-19;1-2/h3-16H,1-2,17H2;2H2,1H3/b13-11-,22-15+,31-25?;. The van der Waals surface area contributed by atoms with Gasteiger partial charge in [0, 0.05) is 24.2 Å². The minimum Gasteiger partial charge on any atom is -0.333 e. The van der Waals surface area contributed by atoms with Gasteiger partial charge in [-0.3, -0.25) is 20.0 Å². The molecule has 5 nitrogen and oxygen atoms in total. The minimum absolute atomic E-state index is 0.299. The maximum atomic E-state index is 14.5. The van der Waals surface area contributed by atoms with Gasteiger partial charge in [-0.05, 0) is 79.7 Å². The van der Waals surface area contributed by atoms with E-state index in [0.717, 1.165) is 16.7 Å². The van der Waals surface area contributed by atoms with Gasteiger partial charge in [-0.15, -0.1) is 0 Å². The van der Waals surface area contributed by atoms with Gasteiger partial charge in [0.1, 0.15) is 11.6 Å². The van der Waals surface area contributed by atoms with Gasteiger partial charge in [0.05, 0.1) is 17.9 Å². The molecule has 168 valence electrons. The van der Waals surface area contributed by atoms with Crippen LogP contribution in [-0.2, 0) is 6.54 Å². The maximum Gasteiger partial charge on any atom is 0.126 e. The second-order valence-corrected chi connectivity index (χ2v) is 6.49. The fourth-order valence-corrected chi connectivity index (χ4v) is 2.88. The molecule has 1 heterocycles. The Morgan fingerprint density at radius 3 is 2.42 bits per heavy atom. The van der Waals surface area contributed by atoms with Crippen LogP contribution in [0.15, 0.2) is 106 Å². The molecule has 0 saturated carbocycles. The average Bonchev–Trinajstić information content (AvgIpc) is 2.87. The fraction of sp³-hybridized carbons (Fsp3) is 0.0769. The molecule has 0 radical (unpaired) electrons. The van der Waals surface area contributed by atoms with Crippen molar-refractivity contribution in [3.8, 4) is 11.1 Å². The molecule has 0 unspecified atom stereocenters. The number of halogens is 2. The summed E-state index contributed by atoms with van der Waals surface area (Å²) in [5.74, 6) is -0.862. The molecule has 33 heavy (non-hydrogen) atoms. The van der Waals surface area contributed by atoms with Crippen molar-refractivity contribution in [1.29, 1.82) is 0 Å². The first-order valence-corrected chi connectivity index (χ1v) is 9.98. The lowest BCUT2D eigenvalue weighted by Crippen LogP contribution is -2.01. The number of nitrogens with zero attached hydrogens (tertiary/aromatic N) is 4. The largest absolute Gasteiger partial charge is 0.333 e. The molecule has 3 aromatic rings. The number of pyridine rings is 1. The van der Waals surface area contributed by atoms with E-state index in [-0.39, 0.29) is 5.82 Å². The van der Waals surface area contributed by atoms with Crippen molar-refractivity contribution >= 4 is 24.8 Å². The van der Waals surface area contributed by atoms with Gasteiger partial charge < -0.3 is 5.73 Å². The smallest absolute Gasteiger partial charge is 0.126 e. The van der Waals surface area contributed by atoms with Crippen molar-refractivity contribution in [3.05, 3.63) is 108 Å². The Balaban J connectivity index is 0.00000187. The predicted molar refractivity (Wildman–Crippen MR) is 134 cm³/mol.